The molecule has 0 atom stereocenters. The summed E-state index contributed by atoms with van der Waals surface area (Å²) in [6.45, 7) is 3.64. The molecule has 0 spiro atoms. The number of piperidine rings is 1. The van der Waals surface area contributed by atoms with Crippen LogP contribution in [0.2, 0.25) is 0 Å². The van der Waals surface area contributed by atoms with Crippen molar-refractivity contribution < 1.29 is 9.53 Å². The van der Waals surface area contributed by atoms with E-state index in [1.165, 1.54) is 0 Å². The van der Waals surface area contributed by atoms with Crippen LogP contribution in [0.5, 0.6) is 0 Å². The van der Waals surface area contributed by atoms with Gasteiger partial charge in [0.1, 0.15) is 5.82 Å². The maximum absolute atomic E-state index is 11.6. The van der Waals surface area contributed by atoms with Gasteiger partial charge in [-0.25, -0.2) is 9.78 Å². The minimum atomic E-state index is -0.221. The van der Waals surface area contributed by atoms with Gasteiger partial charge >= 0.3 is 6.09 Å². The molecule has 1 N–H and O–H groups in total. The number of anilines is 2. The third-order valence-electron chi connectivity index (χ3n) is 3.45. The molecule has 1 amide bonds. The predicted molar refractivity (Wildman–Crippen MR) is 81.6 cm³/mol. The Hall–Kier alpha value is -2.05. The van der Waals surface area contributed by atoms with E-state index in [9.17, 15) is 4.79 Å². The average molecular weight is 293 g/mol. The van der Waals surface area contributed by atoms with E-state index < -0.39 is 0 Å². The van der Waals surface area contributed by atoms with Gasteiger partial charge in [-0.15, -0.1) is 0 Å². The number of hydrogen-bond acceptors (Lipinski definition) is 6. The second-order valence-electron chi connectivity index (χ2n) is 5.24. The van der Waals surface area contributed by atoms with E-state index in [-0.39, 0.29) is 12.1 Å². The fourth-order valence-electron chi connectivity index (χ4n) is 2.27. The van der Waals surface area contributed by atoms with Crippen molar-refractivity contribution in [1.29, 1.82) is 0 Å². The maximum atomic E-state index is 11.6. The molecule has 0 unspecified atom stereocenters. The fraction of sp³-hybridized carbons (Fsp3) is 0.643. The molecule has 0 aromatic carbocycles. The minimum absolute atomic E-state index is 0.221. The standard InChI is InChI=1S/C14H23N5O2/c1-4-21-14(20)19-9-6-11(7-10-19)16-13-15-8-5-12(17-13)18(2)3/h5,8,11H,4,6-7,9-10H2,1-3H3,(H,15,16,17). The van der Waals surface area contributed by atoms with Crippen molar-refractivity contribution >= 4 is 17.9 Å². The molecule has 2 rings (SSSR count). The van der Waals surface area contributed by atoms with Gasteiger partial charge in [-0.2, -0.15) is 4.98 Å². The number of carbonyl (C=O) groups is 1. The Morgan fingerprint density at radius 1 is 1.48 bits per heavy atom. The summed E-state index contributed by atoms with van der Waals surface area (Å²) in [4.78, 5) is 24.0. The van der Waals surface area contributed by atoms with Crippen LogP contribution < -0.4 is 10.2 Å². The monoisotopic (exact) mass is 293 g/mol. The molecule has 1 aromatic rings. The van der Waals surface area contributed by atoms with Gasteiger partial charge < -0.3 is 19.9 Å². The number of hydrogen-bond donors (Lipinski definition) is 1. The second kappa shape index (κ2) is 7.10. The van der Waals surface area contributed by atoms with Crippen LogP contribution in [-0.4, -0.2) is 60.8 Å². The molecule has 1 fully saturated rings. The molecule has 0 aliphatic carbocycles. The smallest absolute Gasteiger partial charge is 0.409 e. The number of rotatable bonds is 4. The van der Waals surface area contributed by atoms with Gasteiger partial charge in [0, 0.05) is 39.4 Å². The number of nitrogens with one attached hydrogen (secondary N) is 1. The summed E-state index contributed by atoms with van der Waals surface area (Å²) in [5, 5.41) is 3.34. The Morgan fingerprint density at radius 2 is 2.19 bits per heavy atom. The lowest BCUT2D eigenvalue weighted by Crippen LogP contribution is -2.42. The van der Waals surface area contributed by atoms with Crippen LogP contribution in [0.15, 0.2) is 12.3 Å². The molecule has 0 saturated carbocycles. The highest BCUT2D eigenvalue weighted by atomic mass is 16.6. The first-order chi connectivity index (χ1) is 10.1. The Morgan fingerprint density at radius 3 is 2.81 bits per heavy atom. The molecule has 116 valence electrons. The number of aromatic nitrogens is 2. The van der Waals surface area contributed by atoms with Crippen LogP contribution >= 0.6 is 0 Å². The van der Waals surface area contributed by atoms with E-state index in [1.807, 2.05) is 32.0 Å². The van der Waals surface area contributed by atoms with Gasteiger partial charge in [-0.05, 0) is 25.8 Å². The van der Waals surface area contributed by atoms with E-state index in [0.29, 0.717) is 25.6 Å². The summed E-state index contributed by atoms with van der Waals surface area (Å²) in [5.41, 5.74) is 0. The third kappa shape index (κ3) is 4.21. The van der Waals surface area contributed by atoms with Crippen molar-refractivity contribution in [2.24, 2.45) is 0 Å². The van der Waals surface area contributed by atoms with E-state index in [0.717, 1.165) is 18.7 Å². The number of nitrogens with zero attached hydrogens (tertiary/aromatic N) is 4. The fourth-order valence-corrected chi connectivity index (χ4v) is 2.27. The van der Waals surface area contributed by atoms with Gasteiger partial charge in [0.15, 0.2) is 0 Å². The van der Waals surface area contributed by atoms with Crippen molar-refractivity contribution in [3.8, 4) is 0 Å². The highest BCUT2D eigenvalue weighted by Crippen LogP contribution is 2.16. The Kier molecular flexibility index (Phi) is 5.19. The van der Waals surface area contributed by atoms with Crippen LogP contribution in [0.3, 0.4) is 0 Å². The van der Waals surface area contributed by atoms with Crippen molar-refractivity contribution in [2.45, 2.75) is 25.8 Å². The molecule has 7 heteroatoms. The largest absolute Gasteiger partial charge is 0.450 e. The lowest BCUT2D eigenvalue weighted by atomic mass is 10.1. The minimum Gasteiger partial charge on any atom is -0.450 e. The quantitative estimate of drug-likeness (QED) is 0.909. The molecular weight excluding hydrogens is 270 g/mol. The number of amides is 1. The van der Waals surface area contributed by atoms with E-state index >= 15 is 0 Å². The van der Waals surface area contributed by atoms with Crippen molar-refractivity contribution in [3.05, 3.63) is 12.3 Å². The SMILES string of the molecule is CCOC(=O)N1CCC(Nc2nccc(N(C)C)n2)CC1. The summed E-state index contributed by atoms with van der Waals surface area (Å²) < 4.78 is 5.01. The molecule has 7 nitrogen and oxygen atoms in total. The Balaban J connectivity index is 1.86. The molecule has 1 aliphatic heterocycles. The van der Waals surface area contributed by atoms with Gasteiger partial charge in [0.2, 0.25) is 5.95 Å². The van der Waals surface area contributed by atoms with E-state index in [4.69, 9.17) is 4.74 Å². The van der Waals surface area contributed by atoms with Gasteiger partial charge in [-0.1, -0.05) is 0 Å². The summed E-state index contributed by atoms with van der Waals surface area (Å²) >= 11 is 0. The normalized spacial score (nSPS) is 15.7. The molecule has 1 saturated heterocycles. The first-order valence-electron chi connectivity index (χ1n) is 7.28. The molecule has 1 aliphatic rings. The second-order valence-corrected chi connectivity index (χ2v) is 5.24. The Bertz CT molecular complexity index is 472. The molecular formula is C14H23N5O2. The zero-order valence-corrected chi connectivity index (χ0v) is 12.9. The van der Waals surface area contributed by atoms with Gasteiger partial charge in [-0.3, -0.25) is 0 Å². The van der Waals surface area contributed by atoms with Crippen LogP contribution in [0.25, 0.3) is 0 Å². The predicted octanol–water partition coefficient (Wildman–Crippen LogP) is 1.58. The first kappa shape index (κ1) is 15.3. The summed E-state index contributed by atoms with van der Waals surface area (Å²) in [6.07, 6.45) is 3.27. The Labute approximate surface area is 125 Å². The van der Waals surface area contributed by atoms with Crippen molar-refractivity contribution in [1.82, 2.24) is 14.9 Å². The van der Waals surface area contributed by atoms with Crippen LogP contribution in [0.1, 0.15) is 19.8 Å². The molecule has 2 heterocycles. The number of carbonyl (C=O) groups excluding carboxylic acids is 1. The van der Waals surface area contributed by atoms with Crippen LogP contribution in [0.4, 0.5) is 16.6 Å². The van der Waals surface area contributed by atoms with Gasteiger partial charge in [0.05, 0.1) is 6.61 Å². The lowest BCUT2D eigenvalue weighted by Gasteiger charge is -2.31. The highest BCUT2D eigenvalue weighted by molar-refractivity contribution is 5.67. The number of ether oxygens (including phenoxy) is 1. The zero-order valence-electron chi connectivity index (χ0n) is 12.9. The lowest BCUT2D eigenvalue weighted by molar-refractivity contribution is 0.0983. The molecule has 1 aromatic heterocycles. The molecule has 21 heavy (non-hydrogen) atoms. The summed E-state index contributed by atoms with van der Waals surface area (Å²) in [5.74, 6) is 1.51. The first-order valence-corrected chi connectivity index (χ1v) is 7.28. The third-order valence-corrected chi connectivity index (χ3v) is 3.45. The maximum Gasteiger partial charge on any atom is 0.409 e. The molecule has 0 radical (unpaired) electrons. The summed E-state index contributed by atoms with van der Waals surface area (Å²) in [6, 6.07) is 2.15. The van der Waals surface area contributed by atoms with Crippen molar-refractivity contribution in [3.63, 3.8) is 0 Å². The van der Waals surface area contributed by atoms with E-state index in [2.05, 4.69) is 15.3 Å². The average Bonchev–Trinajstić information content (AvgIpc) is 2.48. The number of likely N-dealkylation sites (tertiary alicyclic amines) is 1. The highest BCUT2D eigenvalue weighted by Gasteiger charge is 2.23. The topological polar surface area (TPSA) is 70.6 Å². The zero-order chi connectivity index (χ0) is 15.2. The summed E-state index contributed by atoms with van der Waals surface area (Å²) in [7, 11) is 3.90. The van der Waals surface area contributed by atoms with Crippen LogP contribution in [0, 0.1) is 0 Å². The van der Waals surface area contributed by atoms with Crippen molar-refractivity contribution in [2.75, 3.05) is 44.0 Å². The van der Waals surface area contributed by atoms with Crippen LogP contribution in [-0.2, 0) is 4.74 Å². The van der Waals surface area contributed by atoms with Gasteiger partial charge in [0.25, 0.3) is 0 Å². The molecule has 0 bridgehead atoms. The van der Waals surface area contributed by atoms with E-state index in [1.54, 1.807) is 11.1 Å².